The SMILES string of the molecule is O=Cc1ccc(-c2ccc(Cl)cc2C(=O)c2ccccc2F)o1. The van der Waals surface area contributed by atoms with Crippen molar-refractivity contribution in [1.29, 1.82) is 0 Å². The molecule has 114 valence electrons. The van der Waals surface area contributed by atoms with Gasteiger partial charge in [0.1, 0.15) is 11.6 Å². The Morgan fingerprint density at radius 2 is 1.83 bits per heavy atom. The molecule has 0 spiro atoms. The first-order valence-electron chi connectivity index (χ1n) is 6.74. The molecule has 0 unspecified atom stereocenters. The van der Waals surface area contributed by atoms with Crippen LogP contribution in [-0.4, -0.2) is 12.1 Å². The van der Waals surface area contributed by atoms with Crippen LogP contribution in [0.25, 0.3) is 11.3 Å². The third kappa shape index (κ3) is 2.94. The number of furan rings is 1. The van der Waals surface area contributed by atoms with Crippen LogP contribution in [0.2, 0.25) is 5.02 Å². The van der Waals surface area contributed by atoms with Gasteiger partial charge in [-0.3, -0.25) is 9.59 Å². The van der Waals surface area contributed by atoms with E-state index in [9.17, 15) is 14.0 Å². The molecule has 2 aromatic carbocycles. The maximum Gasteiger partial charge on any atom is 0.196 e. The highest BCUT2D eigenvalue weighted by Gasteiger charge is 2.20. The van der Waals surface area contributed by atoms with Crippen LogP contribution in [0, 0.1) is 5.82 Å². The molecule has 0 saturated carbocycles. The molecule has 0 aliphatic heterocycles. The van der Waals surface area contributed by atoms with Gasteiger partial charge in [-0.15, -0.1) is 0 Å². The van der Waals surface area contributed by atoms with E-state index in [1.165, 1.54) is 30.3 Å². The number of aldehydes is 1. The highest BCUT2D eigenvalue weighted by Crippen LogP contribution is 2.30. The zero-order valence-electron chi connectivity index (χ0n) is 11.8. The summed E-state index contributed by atoms with van der Waals surface area (Å²) in [6.45, 7) is 0. The summed E-state index contributed by atoms with van der Waals surface area (Å²) in [7, 11) is 0. The number of ketones is 1. The summed E-state index contributed by atoms with van der Waals surface area (Å²) in [6, 6.07) is 13.4. The fraction of sp³-hybridized carbons (Fsp3) is 0. The molecule has 0 saturated heterocycles. The highest BCUT2D eigenvalue weighted by atomic mass is 35.5. The first-order chi connectivity index (χ1) is 11.1. The average Bonchev–Trinajstić information content (AvgIpc) is 3.03. The molecule has 3 nitrogen and oxygen atoms in total. The van der Waals surface area contributed by atoms with Gasteiger partial charge >= 0.3 is 0 Å². The number of hydrogen-bond donors (Lipinski definition) is 0. The summed E-state index contributed by atoms with van der Waals surface area (Å²) < 4.78 is 19.3. The monoisotopic (exact) mass is 328 g/mol. The Morgan fingerprint density at radius 1 is 1.04 bits per heavy atom. The van der Waals surface area contributed by atoms with Gasteiger partial charge in [0.05, 0.1) is 5.56 Å². The first kappa shape index (κ1) is 15.2. The third-order valence-electron chi connectivity index (χ3n) is 3.35. The molecule has 0 amide bonds. The van der Waals surface area contributed by atoms with Crippen molar-refractivity contribution in [1.82, 2.24) is 0 Å². The van der Waals surface area contributed by atoms with Crippen molar-refractivity contribution in [2.75, 3.05) is 0 Å². The lowest BCUT2D eigenvalue weighted by Gasteiger charge is -2.08. The lowest BCUT2D eigenvalue weighted by Crippen LogP contribution is -2.06. The number of hydrogen-bond acceptors (Lipinski definition) is 3. The quantitative estimate of drug-likeness (QED) is 0.511. The minimum Gasteiger partial charge on any atom is -0.453 e. The first-order valence-corrected chi connectivity index (χ1v) is 7.12. The summed E-state index contributed by atoms with van der Waals surface area (Å²) in [5.41, 5.74) is 0.586. The Bertz CT molecular complexity index is 899. The highest BCUT2D eigenvalue weighted by molar-refractivity contribution is 6.31. The van der Waals surface area contributed by atoms with E-state index in [4.69, 9.17) is 16.0 Å². The van der Waals surface area contributed by atoms with Crippen molar-refractivity contribution in [2.24, 2.45) is 0 Å². The summed E-state index contributed by atoms with van der Waals surface area (Å²) in [6.07, 6.45) is 0.567. The van der Waals surface area contributed by atoms with Crippen molar-refractivity contribution >= 4 is 23.7 Å². The number of carbonyl (C=O) groups excluding carboxylic acids is 2. The maximum absolute atomic E-state index is 13.9. The lowest BCUT2D eigenvalue weighted by atomic mass is 9.97. The Morgan fingerprint density at radius 3 is 2.52 bits per heavy atom. The van der Waals surface area contributed by atoms with Crippen LogP contribution in [0.15, 0.2) is 59.0 Å². The number of carbonyl (C=O) groups is 2. The Labute approximate surface area is 136 Å². The van der Waals surface area contributed by atoms with Crippen molar-refractivity contribution in [3.8, 4) is 11.3 Å². The Balaban J connectivity index is 2.15. The number of halogens is 2. The van der Waals surface area contributed by atoms with Crippen LogP contribution >= 0.6 is 11.6 Å². The van der Waals surface area contributed by atoms with Crippen LogP contribution in [0.1, 0.15) is 26.5 Å². The third-order valence-corrected chi connectivity index (χ3v) is 3.59. The van der Waals surface area contributed by atoms with E-state index >= 15 is 0 Å². The van der Waals surface area contributed by atoms with Crippen LogP contribution in [0.4, 0.5) is 4.39 Å². The molecule has 0 aliphatic carbocycles. The predicted octanol–water partition coefficient (Wildman–Crippen LogP) is 4.78. The van der Waals surface area contributed by atoms with Crippen LogP contribution in [-0.2, 0) is 0 Å². The summed E-state index contributed by atoms with van der Waals surface area (Å²) in [5, 5.41) is 0.343. The largest absolute Gasteiger partial charge is 0.453 e. The van der Waals surface area contributed by atoms with Crippen LogP contribution in [0.3, 0.4) is 0 Å². The van der Waals surface area contributed by atoms with Gasteiger partial charge in [-0.1, -0.05) is 23.7 Å². The fourth-order valence-electron chi connectivity index (χ4n) is 2.27. The summed E-state index contributed by atoms with van der Waals surface area (Å²) >= 11 is 5.98. The number of rotatable bonds is 4. The van der Waals surface area contributed by atoms with E-state index in [-0.39, 0.29) is 16.9 Å². The molecule has 1 aromatic heterocycles. The van der Waals surface area contributed by atoms with Gasteiger partial charge in [0.2, 0.25) is 0 Å². The Kier molecular flexibility index (Phi) is 4.08. The van der Waals surface area contributed by atoms with Gasteiger partial charge in [0.25, 0.3) is 0 Å². The van der Waals surface area contributed by atoms with Crippen molar-refractivity contribution in [3.63, 3.8) is 0 Å². The molecule has 1 heterocycles. The van der Waals surface area contributed by atoms with Crippen LogP contribution in [0.5, 0.6) is 0 Å². The van der Waals surface area contributed by atoms with E-state index in [0.29, 0.717) is 22.6 Å². The lowest BCUT2D eigenvalue weighted by molar-refractivity contribution is 0.103. The van der Waals surface area contributed by atoms with Crippen molar-refractivity contribution in [2.45, 2.75) is 0 Å². The standard InChI is InChI=1S/C18H10ClFO3/c19-11-5-7-13(17-8-6-12(10-21)23-17)15(9-11)18(22)14-3-1-2-4-16(14)20/h1-10H. The smallest absolute Gasteiger partial charge is 0.196 e. The van der Waals surface area contributed by atoms with E-state index in [1.54, 1.807) is 24.3 Å². The minimum absolute atomic E-state index is 0.0572. The zero-order chi connectivity index (χ0) is 16.4. The minimum atomic E-state index is -0.614. The van der Waals surface area contributed by atoms with Gasteiger partial charge in [-0.25, -0.2) is 4.39 Å². The number of benzene rings is 2. The second-order valence-electron chi connectivity index (χ2n) is 4.82. The zero-order valence-corrected chi connectivity index (χ0v) is 12.5. The fourth-order valence-corrected chi connectivity index (χ4v) is 2.44. The van der Waals surface area contributed by atoms with Crippen LogP contribution < -0.4 is 0 Å². The normalized spacial score (nSPS) is 10.5. The van der Waals surface area contributed by atoms with Gasteiger partial charge < -0.3 is 4.42 Å². The van der Waals surface area contributed by atoms with Gasteiger partial charge in [-0.05, 0) is 42.5 Å². The molecule has 0 bridgehead atoms. The molecule has 3 aromatic rings. The second kappa shape index (κ2) is 6.18. The molecule has 0 N–H and O–H groups in total. The van der Waals surface area contributed by atoms with E-state index < -0.39 is 11.6 Å². The average molecular weight is 329 g/mol. The molecule has 0 fully saturated rings. The van der Waals surface area contributed by atoms with E-state index in [0.717, 1.165) is 0 Å². The molecule has 23 heavy (non-hydrogen) atoms. The molecule has 3 rings (SSSR count). The van der Waals surface area contributed by atoms with Crippen molar-refractivity contribution in [3.05, 3.63) is 82.3 Å². The molecule has 0 radical (unpaired) electrons. The van der Waals surface area contributed by atoms with E-state index in [1.807, 2.05) is 0 Å². The molecular formula is C18H10ClFO3. The van der Waals surface area contributed by atoms with E-state index in [2.05, 4.69) is 0 Å². The van der Waals surface area contributed by atoms with Gasteiger partial charge in [0.15, 0.2) is 17.8 Å². The van der Waals surface area contributed by atoms with Crippen molar-refractivity contribution < 1.29 is 18.4 Å². The molecular weight excluding hydrogens is 319 g/mol. The summed E-state index contributed by atoms with van der Waals surface area (Å²) in [5.74, 6) is -0.649. The van der Waals surface area contributed by atoms with Gasteiger partial charge in [0, 0.05) is 16.1 Å². The summed E-state index contributed by atoms with van der Waals surface area (Å²) in [4.78, 5) is 23.4. The topological polar surface area (TPSA) is 47.3 Å². The van der Waals surface area contributed by atoms with Gasteiger partial charge in [-0.2, -0.15) is 0 Å². The second-order valence-corrected chi connectivity index (χ2v) is 5.26. The predicted molar refractivity (Wildman–Crippen MR) is 84.4 cm³/mol. The maximum atomic E-state index is 13.9. The molecule has 5 heteroatoms. The molecule has 0 aliphatic rings. The molecule has 0 atom stereocenters. The Hall–Kier alpha value is -2.72.